The quantitative estimate of drug-likeness (QED) is 0.767. The number of nitrogens with zero attached hydrogens (tertiary/aromatic N) is 3. The highest BCUT2D eigenvalue weighted by Gasteiger charge is 2.23. The van der Waals surface area contributed by atoms with Crippen molar-refractivity contribution >= 4 is 11.8 Å². The standard InChI is InChI=1S/C17H22N6O2/c1-12-4-2-5-13(21-12)10-20-17(25)22-14-6-3-9-23(11-14)15-16(24)19-8-7-18-15/h2,4-5,7-8,14H,3,6,9-11H2,1H3,(H,19,24)(H2,20,22,25)/t14-/m0/s1. The van der Waals surface area contributed by atoms with Crippen molar-refractivity contribution in [3.8, 4) is 0 Å². The summed E-state index contributed by atoms with van der Waals surface area (Å²) in [5.74, 6) is 0.401. The van der Waals surface area contributed by atoms with Crippen LogP contribution in [0, 0.1) is 6.92 Å². The minimum absolute atomic E-state index is 0.0272. The molecule has 3 heterocycles. The maximum Gasteiger partial charge on any atom is 0.315 e. The van der Waals surface area contributed by atoms with Crippen LogP contribution in [0.5, 0.6) is 0 Å². The summed E-state index contributed by atoms with van der Waals surface area (Å²) in [7, 11) is 0. The van der Waals surface area contributed by atoms with Gasteiger partial charge in [-0.2, -0.15) is 0 Å². The first-order valence-corrected chi connectivity index (χ1v) is 8.37. The Morgan fingerprint density at radius 1 is 1.44 bits per heavy atom. The number of piperidine rings is 1. The number of aryl methyl sites for hydroxylation is 1. The zero-order valence-corrected chi connectivity index (χ0v) is 14.2. The van der Waals surface area contributed by atoms with Crippen molar-refractivity contribution in [1.29, 1.82) is 0 Å². The van der Waals surface area contributed by atoms with Crippen LogP contribution in [0.2, 0.25) is 0 Å². The third-order valence-corrected chi connectivity index (χ3v) is 4.12. The number of rotatable bonds is 4. The summed E-state index contributed by atoms with van der Waals surface area (Å²) in [5, 5.41) is 5.79. The number of hydrogen-bond donors (Lipinski definition) is 3. The Balaban J connectivity index is 1.53. The number of H-pyrrole nitrogens is 1. The number of hydrogen-bond acceptors (Lipinski definition) is 5. The Labute approximate surface area is 145 Å². The summed E-state index contributed by atoms with van der Waals surface area (Å²) in [6, 6.07) is 5.45. The number of amides is 2. The van der Waals surface area contributed by atoms with E-state index in [2.05, 4.69) is 25.6 Å². The Morgan fingerprint density at radius 2 is 2.32 bits per heavy atom. The molecule has 0 saturated carbocycles. The number of pyridine rings is 1. The van der Waals surface area contributed by atoms with E-state index in [-0.39, 0.29) is 17.6 Å². The van der Waals surface area contributed by atoms with Gasteiger partial charge in [0.1, 0.15) is 0 Å². The van der Waals surface area contributed by atoms with Crippen molar-refractivity contribution in [1.82, 2.24) is 25.6 Å². The van der Waals surface area contributed by atoms with Gasteiger partial charge in [-0.25, -0.2) is 9.78 Å². The van der Waals surface area contributed by atoms with Crippen molar-refractivity contribution in [2.24, 2.45) is 0 Å². The normalized spacial score (nSPS) is 17.2. The number of aromatic nitrogens is 3. The minimum Gasteiger partial charge on any atom is -0.350 e. The van der Waals surface area contributed by atoms with Crippen LogP contribution in [-0.4, -0.2) is 40.1 Å². The highest BCUT2D eigenvalue weighted by atomic mass is 16.2. The summed E-state index contributed by atoms with van der Waals surface area (Å²) < 4.78 is 0. The van der Waals surface area contributed by atoms with Gasteiger partial charge in [0.05, 0.1) is 12.2 Å². The van der Waals surface area contributed by atoms with E-state index in [1.165, 1.54) is 6.20 Å². The van der Waals surface area contributed by atoms with Crippen LogP contribution in [-0.2, 0) is 6.54 Å². The summed E-state index contributed by atoms with van der Waals surface area (Å²) in [4.78, 5) is 37.0. The molecule has 0 bridgehead atoms. The van der Waals surface area contributed by atoms with Gasteiger partial charge < -0.3 is 20.5 Å². The molecule has 1 fully saturated rings. The molecule has 2 amide bonds. The fraction of sp³-hybridized carbons (Fsp3) is 0.412. The van der Waals surface area contributed by atoms with E-state index >= 15 is 0 Å². The van der Waals surface area contributed by atoms with E-state index in [0.29, 0.717) is 18.9 Å². The van der Waals surface area contributed by atoms with Gasteiger partial charge in [0.25, 0.3) is 5.56 Å². The Bertz CT molecular complexity index is 790. The molecule has 25 heavy (non-hydrogen) atoms. The molecule has 0 aliphatic carbocycles. The van der Waals surface area contributed by atoms with E-state index in [9.17, 15) is 9.59 Å². The SMILES string of the molecule is Cc1cccc(CNC(=O)N[C@H]2CCCN(c3ncc[nH]c3=O)C2)n1. The fourth-order valence-corrected chi connectivity index (χ4v) is 2.96. The lowest BCUT2D eigenvalue weighted by Crippen LogP contribution is -2.51. The average molecular weight is 342 g/mol. The lowest BCUT2D eigenvalue weighted by molar-refractivity contribution is 0.234. The zero-order chi connectivity index (χ0) is 17.6. The third-order valence-electron chi connectivity index (χ3n) is 4.12. The number of anilines is 1. The first-order valence-electron chi connectivity index (χ1n) is 8.37. The fourth-order valence-electron chi connectivity index (χ4n) is 2.96. The lowest BCUT2D eigenvalue weighted by atomic mass is 10.1. The molecule has 8 nitrogen and oxygen atoms in total. The maximum atomic E-state index is 12.1. The smallest absolute Gasteiger partial charge is 0.315 e. The van der Waals surface area contributed by atoms with Gasteiger partial charge in [0.2, 0.25) is 0 Å². The molecule has 0 unspecified atom stereocenters. The molecule has 3 N–H and O–H groups in total. The topological polar surface area (TPSA) is 103 Å². The molecule has 132 valence electrons. The van der Waals surface area contributed by atoms with Gasteiger partial charge >= 0.3 is 6.03 Å². The van der Waals surface area contributed by atoms with E-state index < -0.39 is 0 Å². The molecule has 1 aliphatic rings. The third kappa shape index (κ3) is 4.56. The van der Waals surface area contributed by atoms with E-state index in [0.717, 1.165) is 30.8 Å². The predicted octanol–water partition coefficient (Wildman–Crippen LogP) is 0.942. The van der Waals surface area contributed by atoms with Crippen LogP contribution in [0.15, 0.2) is 35.4 Å². The summed E-state index contributed by atoms with van der Waals surface area (Å²) >= 11 is 0. The van der Waals surface area contributed by atoms with Gasteiger partial charge in [0.15, 0.2) is 5.82 Å². The summed E-state index contributed by atoms with van der Waals surface area (Å²) in [6.07, 6.45) is 4.84. The van der Waals surface area contributed by atoms with Crippen molar-refractivity contribution in [2.75, 3.05) is 18.0 Å². The molecule has 0 spiro atoms. The van der Waals surface area contributed by atoms with Gasteiger partial charge in [-0.3, -0.25) is 9.78 Å². The van der Waals surface area contributed by atoms with Gasteiger partial charge in [-0.15, -0.1) is 0 Å². The minimum atomic E-state index is -0.231. The van der Waals surface area contributed by atoms with Crippen LogP contribution < -0.4 is 21.1 Å². The Hall–Kier alpha value is -2.90. The van der Waals surface area contributed by atoms with Crippen LogP contribution >= 0.6 is 0 Å². The first kappa shape index (κ1) is 16.9. The van der Waals surface area contributed by atoms with E-state index in [1.807, 2.05) is 30.0 Å². The van der Waals surface area contributed by atoms with Crippen molar-refractivity contribution in [3.63, 3.8) is 0 Å². The zero-order valence-electron chi connectivity index (χ0n) is 14.2. The lowest BCUT2D eigenvalue weighted by Gasteiger charge is -2.33. The second-order valence-corrected chi connectivity index (χ2v) is 6.12. The van der Waals surface area contributed by atoms with E-state index in [4.69, 9.17) is 0 Å². The van der Waals surface area contributed by atoms with Crippen LogP contribution in [0.1, 0.15) is 24.2 Å². The number of nitrogens with one attached hydrogen (secondary N) is 3. The molecule has 0 radical (unpaired) electrons. The maximum absolute atomic E-state index is 12.1. The number of carbonyl (C=O) groups excluding carboxylic acids is 1. The average Bonchev–Trinajstić information content (AvgIpc) is 2.61. The second-order valence-electron chi connectivity index (χ2n) is 6.12. The predicted molar refractivity (Wildman–Crippen MR) is 94.4 cm³/mol. The van der Waals surface area contributed by atoms with Crippen molar-refractivity contribution < 1.29 is 4.79 Å². The Kier molecular flexibility index (Phi) is 5.27. The first-order chi connectivity index (χ1) is 12.1. The number of aromatic amines is 1. The number of carbonyl (C=O) groups is 1. The van der Waals surface area contributed by atoms with Crippen LogP contribution in [0.4, 0.5) is 10.6 Å². The summed E-state index contributed by atoms with van der Waals surface area (Å²) in [6.45, 7) is 3.62. The molecular formula is C17H22N6O2. The molecule has 1 atom stereocenters. The van der Waals surface area contributed by atoms with Crippen LogP contribution in [0.3, 0.4) is 0 Å². The molecule has 2 aromatic rings. The van der Waals surface area contributed by atoms with Gasteiger partial charge in [-0.1, -0.05) is 6.07 Å². The van der Waals surface area contributed by atoms with Crippen molar-refractivity contribution in [2.45, 2.75) is 32.4 Å². The van der Waals surface area contributed by atoms with Crippen molar-refractivity contribution in [3.05, 3.63) is 52.3 Å². The molecule has 0 aromatic carbocycles. The molecule has 1 aliphatic heterocycles. The molecule has 2 aromatic heterocycles. The molecular weight excluding hydrogens is 320 g/mol. The van der Waals surface area contributed by atoms with Gasteiger partial charge in [0, 0.05) is 37.2 Å². The number of urea groups is 1. The highest BCUT2D eigenvalue weighted by Crippen LogP contribution is 2.14. The highest BCUT2D eigenvalue weighted by molar-refractivity contribution is 5.74. The largest absolute Gasteiger partial charge is 0.350 e. The van der Waals surface area contributed by atoms with E-state index in [1.54, 1.807) is 6.20 Å². The molecule has 1 saturated heterocycles. The molecule has 8 heteroatoms. The van der Waals surface area contributed by atoms with Crippen LogP contribution in [0.25, 0.3) is 0 Å². The molecule has 3 rings (SSSR count). The summed E-state index contributed by atoms with van der Waals surface area (Å²) in [5.41, 5.74) is 1.53. The second kappa shape index (κ2) is 7.78. The monoisotopic (exact) mass is 342 g/mol. The Morgan fingerprint density at radius 3 is 3.12 bits per heavy atom. The van der Waals surface area contributed by atoms with Gasteiger partial charge in [-0.05, 0) is 31.9 Å².